The molecule has 0 radical (unpaired) electrons. The monoisotopic (exact) mass is 352 g/mol. The topological polar surface area (TPSA) is 50.4 Å². The normalized spacial score (nSPS) is 10.0. The highest BCUT2D eigenvalue weighted by Gasteiger charge is 2.02. The van der Waals surface area contributed by atoms with Crippen molar-refractivity contribution in [1.29, 1.82) is 0 Å². The van der Waals surface area contributed by atoms with Crippen LogP contribution in [0.3, 0.4) is 0 Å². The molecule has 2 amide bonds. The van der Waals surface area contributed by atoms with Crippen LogP contribution in [0.4, 0.5) is 14.9 Å². The van der Waals surface area contributed by atoms with Gasteiger partial charge in [0.2, 0.25) is 0 Å². The van der Waals surface area contributed by atoms with Crippen LogP contribution in [0.5, 0.6) is 5.75 Å². The molecule has 0 saturated carbocycles. The van der Waals surface area contributed by atoms with Gasteiger partial charge in [-0.2, -0.15) is 0 Å². The van der Waals surface area contributed by atoms with Gasteiger partial charge in [-0.15, -0.1) is 0 Å². The Morgan fingerprint density at radius 2 is 2.00 bits per heavy atom. The number of rotatable bonds is 5. The van der Waals surface area contributed by atoms with Crippen molar-refractivity contribution in [3.05, 3.63) is 58.8 Å². The lowest BCUT2D eigenvalue weighted by Gasteiger charge is -2.09. The van der Waals surface area contributed by atoms with E-state index in [1.54, 1.807) is 24.3 Å². The summed E-state index contributed by atoms with van der Waals surface area (Å²) < 4.78 is 19.1. The molecule has 0 atom stereocenters. The molecule has 0 saturated heterocycles. The van der Waals surface area contributed by atoms with Gasteiger partial charge in [-0.25, -0.2) is 9.18 Å². The highest BCUT2D eigenvalue weighted by atomic mass is 79.9. The summed E-state index contributed by atoms with van der Waals surface area (Å²) >= 11 is 3.33. The first-order valence-corrected chi connectivity index (χ1v) is 7.11. The number of amides is 2. The second kappa shape index (κ2) is 7.64. The molecule has 0 aromatic heterocycles. The number of carbonyl (C=O) groups excluding carboxylic acids is 1. The van der Waals surface area contributed by atoms with Crippen LogP contribution in [-0.2, 0) is 0 Å². The number of carbonyl (C=O) groups is 1. The molecule has 6 heteroatoms. The van der Waals surface area contributed by atoms with Crippen molar-refractivity contribution in [2.24, 2.45) is 0 Å². The van der Waals surface area contributed by atoms with E-state index in [9.17, 15) is 9.18 Å². The van der Waals surface area contributed by atoms with E-state index >= 15 is 0 Å². The van der Waals surface area contributed by atoms with Gasteiger partial charge in [0.25, 0.3) is 0 Å². The molecule has 0 bridgehead atoms. The SMILES string of the molecule is O=C(NCCOc1cccc(F)c1)Nc1cccc(Br)c1. The smallest absolute Gasteiger partial charge is 0.319 e. The number of nitrogens with one attached hydrogen (secondary N) is 2. The number of ether oxygens (including phenoxy) is 1. The molecule has 0 aliphatic heterocycles. The van der Waals surface area contributed by atoms with Gasteiger partial charge in [-0.1, -0.05) is 28.1 Å². The van der Waals surface area contributed by atoms with Crippen LogP contribution in [0.15, 0.2) is 53.0 Å². The molecule has 0 spiro atoms. The van der Waals surface area contributed by atoms with E-state index in [2.05, 4.69) is 26.6 Å². The summed E-state index contributed by atoms with van der Waals surface area (Å²) in [6.07, 6.45) is 0. The van der Waals surface area contributed by atoms with Crippen LogP contribution >= 0.6 is 15.9 Å². The molecule has 0 heterocycles. The van der Waals surface area contributed by atoms with E-state index in [-0.39, 0.29) is 18.5 Å². The van der Waals surface area contributed by atoms with Crippen LogP contribution in [0.1, 0.15) is 0 Å². The minimum atomic E-state index is -0.354. The Labute approximate surface area is 130 Å². The van der Waals surface area contributed by atoms with E-state index in [1.165, 1.54) is 12.1 Å². The minimum absolute atomic E-state index is 0.259. The van der Waals surface area contributed by atoms with E-state index in [4.69, 9.17) is 4.74 Å². The maximum absolute atomic E-state index is 12.9. The number of halogens is 2. The van der Waals surface area contributed by atoms with Crippen molar-refractivity contribution >= 4 is 27.6 Å². The minimum Gasteiger partial charge on any atom is -0.492 e. The lowest BCUT2D eigenvalue weighted by Crippen LogP contribution is -2.32. The lowest BCUT2D eigenvalue weighted by molar-refractivity contribution is 0.247. The van der Waals surface area contributed by atoms with Gasteiger partial charge in [0.05, 0.1) is 6.54 Å². The van der Waals surface area contributed by atoms with Crippen molar-refractivity contribution < 1.29 is 13.9 Å². The van der Waals surface area contributed by atoms with Crippen LogP contribution < -0.4 is 15.4 Å². The molecular formula is C15H14BrFN2O2. The number of urea groups is 1. The van der Waals surface area contributed by atoms with E-state index in [0.717, 1.165) is 4.47 Å². The zero-order chi connectivity index (χ0) is 15.1. The van der Waals surface area contributed by atoms with Crippen LogP contribution in [-0.4, -0.2) is 19.2 Å². The number of hydrogen-bond acceptors (Lipinski definition) is 2. The number of hydrogen-bond donors (Lipinski definition) is 2. The molecule has 2 rings (SSSR count). The summed E-state index contributed by atoms with van der Waals surface area (Å²) in [5.74, 6) is 0.0806. The lowest BCUT2D eigenvalue weighted by atomic mass is 10.3. The standard InChI is InChI=1S/C15H14BrFN2O2/c16-11-3-1-5-13(9-11)19-15(20)18-7-8-21-14-6-2-4-12(17)10-14/h1-6,9-10H,7-8H2,(H2,18,19,20). The Kier molecular flexibility index (Phi) is 5.57. The Bertz CT molecular complexity index is 622. The van der Waals surface area contributed by atoms with Gasteiger partial charge in [-0.3, -0.25) is 0 Å². The Balaban J connectivity index is 1.70. The third kappa shape index (κ3) is 5.43. The molecule has 21 heavy (non-hydrogen) atoms. The van der Waals surface area contributed by atoms with Crippen molar-refractivity contribution in [2.75, 3.05) is 18.5 Å². The van der Waals surface area contributed by atoms with Crippen LogP contribution in [0, 0.1) is 5.82 Å². The molecule has 4 nitrogen and oxygen atoms in total. The van der Waals surface area contributed by atoms with Crippen molar-refractivity contribution in [1.82, 2.24) is 5.32 Å². The quantitative estimate of drug-likeness (QED) is 0.804. The second-order valence-corrected chi connectivity index (χ2v) is 5.11. The highest BCUT2D eigenvalue weighted by Crippen LogP contribution is 2.15. The fraction of sp³-hybridized carbons (Fsp3) is 0.133. The number of benzene rings is 2. The van der Waals surface area contributed by atoms with E-state index < -0.39 is 0 Å². The first kappa shape index (κ1) is 15.3. The first-order valence-electron chi connectivity index (χ1n) is 6.32. The van der Waals surface area contributed by atoms with Gasteiger partial charge in [0, 0.05) is 16.2 Å². The molecule has 0 aliphatic carbocycles. The van der Waals surface area contributed by atoms with Crippen LogP contribution in [0.2, 0.25) is 0 Å². The summed E-state index contributed by atoms with van der Waals surface area (Å²) in [7, 11) is 0. The van der Waals surface area contributed by atoms with E-state index in [1.807, 2.05) is 12.1 Å². The van der Waals surface area contributed by atoms with Crippen LogP contribution in [0.25, 0.3) is 0 Å². The first-order chi connectivity index (χ1) is 10.1. The molecule has 110 valence electrons. The summed E-state index contributed by atoms with van der Waals surface area (Å²) in [5.41, 5.74) is 0.688. The van der Waals surface area contributed by atoms with E-state index in [0.29, 0.717) is 18.0 Å². The van der Waals surface area contributed by atoms with Gasteiger partial charge in [0.15, 0.2) is 0 Å². The van der Waals surface area contributed by atoms with Gasteiger partial charge in [-0.05, 0) is 30.3 Å². The third-order valence-corrected chi connectivity index (χ3v) is 3.03. The molecule has 2 aromatic carbocycles. The maximum Gasteiger partial charge on any atom is 0.319 e. The van der Waals surface area contributed by atoms with Gasteiger partial charge in [0.1, 0.15) is 18.2 Å². The van der Waals surface area contributed by atoms with Crippen molar-refractivity contribution in [3.8, 4) is 5.75 Å². The molecule has 0 unspecified atom stereocenters. The average molecular weight is 353 g/mol. The predicted octanol–water partition coefficient (Wildman–Crippen LogP) is 3.79. The molecule has 0 fully saturated rings. The molecular weight excluding hydrogens is 339 g/mol. The van der Waals surface area contributed by atoms with Gasteiger partial charge < -0.3 is 15.4 Å². The molecule has 2 aromatic rings. The predicted molar refractivity (Wildman–Crippen MR) is 83.1 cm³/mol. The Morgan fingerprint density at radius 3 is 2.76 bits per heavy atom. The highest BCUT2D eigenvalue weighted by molar-refractivity contribution is 9.10. The zero-order valence-electron chi connectivity index (χ0n) is 11.1. The summed E-state index contributed by atoms with van der Waals surface area (Å²) in [6.45, 7) is 0.575. The van der Waals surface area contributed by atoms with Crippen molar-refractivity contribution in [3.63, 3.8) is 0 Å². The fourth-order valence-electron chi connectivity index (χ4n) is 1.63. The number of anilines is 1. The second-order valence-electron chi connectivity index (χ2n) is 4.20. The Hall–Kier alpha value is -2.08. The molecule has 2 N–H and O–H groups in total. The largest absolute Gasteiger partial charge is 0.492 e. The summed E-state index contributed by atoms with van der Waals surface area (Å²) in [6, 6.07) is 12.8. The Morgan fingerprint density at radius 1 is 1.19 bits per heavy atom. The maximum atomic E-state index is 12.9. The molecule has 0 aliphatic rings. The fourth-order valence-corrected chi connectivity index (χ4v) is 2.03. The average Bonchev–Trinajstić information content (AvgIpc) is 2.44. The summed E-state index contributed by atoms with van der Waals surface area (Å²) in [4.78, 5) is 11.6. The summed E-state index contributed by atoms with van der Waals surface area (Å²) in [5, 5.41) is 5.35. The van der Waals surface area contributed by atoms with Gasteiger partial charge >= 0.3 is 6.03 Å². The zero-order valence-corrected chi connectivity index (χ0v) is 12.7. The van der Waals surface area contributed by atoms with Crippen molar-refractivity contribution in [2.45, 2.75) is 0 Å². The third-order valence-electron chi connectivity index (χ3n) is 2.53.